The Morgan fingerprint density at radius 1 is 1.15 bits per heavy atom. The molecule has 1 aromatic heterocycles. The number of para-hydroxylation sites is 1. The largest absolute Gasteiger partial charge is 0.497 e. The second kappa shape index (κ2) is 8.06. The van der Waals surface area contributed by atoms with Crippen molar-refractivity contribution in [3.05, 3.63) is 65.9 Å². The van der Waals surface area contributed by atoms with Crippen molar-refractivity contribution >= 4 is 16.8 Å². The second-order valence-corrected chi connectivity index (χ2v) is 6.36. The molecular formula is C21H25N3O2. The molecule has 5 nitrogen and oxygen atoms in total. The molecule has 3 N–H and O–H groups in total. The fourth-order valence-electron chi connectivity index (χ4n) is 3.23. The van der Waals surface area contributed by atoms with Gasteiger partial charge in [0.1, 0.15) is 5.75 Å². The van der Waals surface area contributed by atoms with Crippen LogP contribution in [0.15, 0.2) is 54.7 Å². The second-order valence-electron chi connectivity index (χ2n) is 6.36. The lowest BCUT2D eigenvalue weighted by Gasteiger charge is -2.21. The van der Waals surface area contributed by atoms with Crippen molar-refractivity contribution < 1.29 is 9.53 Å². The molecule has 0 aliphatic carbocycles. The molecule has 0 unspecified atom stereocenters. The lowest BCUT2D eigenvalue weighted by molar-refractivity contribution is -0.122. The van der Waals surface area contributed by atoms with E-state index in [0.29, 0.717) is 6.54 Å². The summed E-state index contributed by atoms with van der Waals surface area (Å²) in [4.78, 5) is 15.2. The van der Waals surface area contributed by atoms with Gasteiger partial charge in [-0.1, -0.05) is 30.3 Å². The summed E-state index contributed by atoms with van der Waals surface area (Å²) in [6.07, 6.45) is 2.06. The minimum atomic E-state index is -0.258. The zero-order valence-electron chi connectivity index (χ0n) is 15.4. The highest BCUT2D eigenvalue weighted by Crippen LogP contribution is 2.31. The Labute approximate surface area is 153 Å². The van der Waals surface area contributed by atoms with Gasteiger partial charge in [-0.3, -0.25) is 4.79 Å². The summed E-state index contributed by atoms with van der Waals surface area (Å²) < 4.78 is 5.28. The number of nitrogens with one attached hydrogen (secondary N) is 3. The summed E-state index contributed by atoms with van der Waals surface area (Å²) in [7, 11) is 3.32. The molecule has 3 aromatic rings. The first-order valence-electron chi connectivity index (χ1n) is 8.79. The van der Waals surface area contributed by atoms with Crippen molar-refractivity contribution in [1.82, 2.24) is 15.6 Å². The van der Waals surface area contributed by atoms with Gasteiger partial charge in [-0.05, 0) is 36.2 Å². The highest BCUT2D eigenvalue weighted by atomic mass is 16.5. The summed E-state index contributed by atoms with van der Waals surface area (Å²) in [5.74, 6) is 0.930. The lowest BCUT2D eigenvalue weighted by atomic mass is 9.90. The predicted octanol–water partition coefficient (Wildman–Crippen LogP) is 3.03. The van der Waals surface area contributed by atoms with Crippen LogP contribution in [-0.4, -0.2) is 37.6 Å². The minimum Gasteiger partial charge on any atom is -0.497 e. The summed E-state index contributed by atoms with van der Waals surface area (Å²) in [6.45, 7) is 2.53. The Morgan fingerprint density at radius 2 is 1.88 bits per heavy atom. The zero-order chi connectivity index (χ0) is 18.5. The molecule has 26 heavy (non-hydrogen) atoms. The maximum absolute atomic E-state index is 11.8. The van der Waals surface area contributed by atoms with E-state index in [1.165, 1.54) is 16.5 Å². The monoisotopic (exact) mass is 351 g/mol. The average molecular weight is 351 g/mol. The van der Waals surface area contributed by atoms with Crippen molar-refractivity contribution in [2.24, 2.45) is 0 Å². The topological polar surface area (TPSA) is 66.2 Å². The number of hydrogen-bond donors (Lipinski definition) is 3. The van der Waals surface area contributed by atoms with Gasteiger partial charge in [0.15, 0.2) is 0 Å². The van der Waals surface area contributed by atoms with Crippen LogP contribution in [0.1, 0.15) is 24.0 Å². The summed E-state index contributed by atoms with van der Waals surface area (Å²) in [5, 5.41) is 7.24. The quantitative estimate of drug-likeness (QED) is 0.613. The molecule has 1 amide bonds. The Balaban J connectivity index is 1.94. The molecule has 0 aliphatic rings. The summed E-state index contributed by atoms with van der Waals surface area (Å²) in [5.41, 5.74) is 3.50. The van der Waals surface area contributed by atoms with Crippen LogP contribution in [-0.2, 0) is 4.79 Å². The molecule has 3 rings (SSSR count). The van der Waals surface area contributed by atoms with Gasteiger partial charge in [0, 0.05) is 36.6 Å². The number of amides is 1. The summed E-state index contributed by atoms with van der Waals surface area (Å²) in [6, 6.07) is 16.1. The van der Waals surface area contributed by atoms with Gasteiger partial charge >= 0.3 is 0 Å². The zero-order valence-corrected chi connectivity index (χ0v) is 15.4. The number of aromatic amines is 1. The van der Waals surface area contributed by atoms with Crippen LogP contribution in [0.2, 0.25) is 0 Å². The van der Waals surface area contributed by atoms with E-state index in [0.717, 1.165) is 11.3 Å². The van der Waals surface area contributed by atoms with Crippen LogP contribution >= 0.6 is 0 Å². The molecule has 0 spiro atoms. The molecular weight excluding hydrogens is 326 g/mol. The third-order valence-corrected chi connectivity index (χ3v) is 4.78. The third kappa shape index (κ3) is 3.73. The normalized spacial score (nSPS) is 13.3. The number of H-pyrrole nitrogens is 1. The molecule has 0 saturated heterocycles. The molecule has 1 heterocycles. The van der Waals surface area contributed by atoms with Gasteiger partial charge in [0.05, 0.1) is 13.2 Å². The molecule has 5 heteroatoms. The van der Waals surface area contributed by atoms with E-state index in [1.807, 2.05) is 31.2 Å². The van der Waals surface area contributed by atoms with Gasteiger partial charge < -0.3 is 20.4 Å². The maximum Gasteiger partial charge on any atom is 0.236 e. The van der Waals surface area contributed by atoms with Crippen LogP contribution in [0, 0.1) is 0 Å². The first kappa shape index (κ1) is 18.0. The van der Waals surface area contributed by atoms with Crippen LogP contribution < -0.4 is 15.4 Å². The minimum absolute atomic E-state index is 0.0163. The lowest BCUT2D eigenvalue weighted by Crippen LogP contribution is -2.42. The Bertz CT molecular complexity index is 870. The fourth-order valence-corrected chi connectivity index (χ4v) is 3.23. The average Bonchev–Trinajstić information content (AvgIpc) is 3.12. The van der Waals surface area contributed by atoms with E-state index >= 15 is 0 Å². The number of carbonyl (C=O) groups is 1. The summed E-state index contributed by atoms with van der Waals surface area (Å²) >= 11 is 0. The van der Waals surface area contributed by atoms with Crippen LogP contribution in [0.25, 0.3) is 10.9 Å². The number of hydrogen-bond acceptors (Lipinski definition) is 3. The van der Waals surface area contributed by atoms with Crippen molar-refractivity contribution in [1.29, 1.82) is 0 Å². The SMILES string of the molecule is CNC(=O)[C@@H](C)NC[C@H](c1ccc(OC)cc1)c1c[nH]c2ccccc12. The van der Waals surface area contributed by atoms with E-state index in [2.05, 4.69) is 46.1 Å². The smallest absolute Gasteiger partial charge is 0.236 e. The van der Waals surface area contributed by atoms with Gasteiger partial charge in [-0.2, -0.15) is 0 Å². The van der Waals surface area contributed by atoms with E-state index < -0.39 is 0 Å². The third-order valence-electron chi connectivity index (χ3n) is 4.78. The number of rotatable bonds is 7. The van der Waals surface area contributed by atoms with E-state index in [4.69, 9.17) is 4.74 Å². The first-order chi connectivity index (χ1) is 12.6. The van der Waals surface area contributed by atoms with Gasteiger partial charge in [0.25, 0.3) is 0 Å². The maximum atomic E-state index is 11.8. The van der Waals surface area contributed by atoms with E-state index in [9.17, 15) is 4.79 Å². The van der Waals surface area contributed by atoms with Crippen LogP contribution in [0.3, 0.4) is 0 Å². The molecule has 136 valence electrons. The van der Waals surface area contributed by atoms with Crippen molar-refractivity contribution in [2.75, 3.05) is 20.7 Å². The van der Waals surface area contributed by atoms with Crippen molar-refractivity contribution in [3.63, 3.8) is 0 Å². The molecule has 0 fully saturated rings. The van der Waals surface area contributed by atoms with Crippen LogP contribution in [0.5, 0.6) is 5.75 Å². The predicted molar refractivity (Wildman–Crippen MR) is 105 cm³/mol. The number of aromatic nitrogens is 1. The number of ether oxygens (including phenoxy) is 1. The van der Waals surface area contributed by atoms with Crippen LogP contribution in [0.4, 0.5) is 0 Å². The highest BCUT2D eigenvalue weighted by Gasteiger charge is 2.20. The molecule has 0 aliphatic heterocycles. The number of carbonyl (C=O) groups excluding carboxylic acids is 1. The number of fused-ring (bicyclic) bond motifs is 1. The molecule has 2 atom stereocenters. The van der Waals surface area contributed by atoms with Gasteiger partial charge in [-0.15, -0.1) is 0 Å². The Morgan fingerprint density at radius 3 is 2.58 bits per heavy atom. The molecule has 0 bridgehead atoms. The van der Waals surface area contributed by atoms with Gasteiger partial charge in [-0.25, -0.2) is 0 Å². The van der Waals surface area contributed by atoms with E-state index in [1.54, 1.807) is 14.2 Å². The Kier molecular flexibility index (Phi) is 5.58. The fraction of sp³-hybridized carbons (Fsp3) is 0.286. The van der Waals surface area contributed by atoms with E-state index in [-0.39, 0.29) is 17.9 Å². The first-order valence-corrected chi connectivity index (χ1v) is 8.79. The van der Waals surface area contributed by atoms with Crippen molar-refractivity contribution in [3.8, 4) is 5.75 Å². The van der Waals surface area contributed by atoms with Gasteiger partial charge in [0.2, 0.25) is 5.91 Å². The number of likely N-dealkylation sites (N-methyl/N-ethyl adjacent to an activating group) is 1. The molecule has 2 aromatic carbocycles. The number of methoxy groups -OCH3 is 1. The number of benzene rings is 2. The Hall–Kier alpha value is -2.79. The van der Waals surface area contributed by atoms with Crippen molar-refractivity contribution in [2.45, 2.75) is 18.9 Å². The standard InChI is InChI=1S/C21H25N3O2/c1-14(21(25)22-2)23-12-18(15-8-10-16(26-3)11-9-15)19-13-24-20-7-5-4-6-17(19)20/h4-11,13-14,18,23-24H,12H2,1-3H3,(H,22,25)/t14-,18-/m1/s1. The molecule has 0 radical (unpaired) electrons. The highest BCUT2D eigenvalue weighted by molar-refractivity contribution is 5.84. The molecule has 0 saturated carbocycles.